The van der Waals surface area contributed by atoms with Gasteiger partial charge in [-0.1, -0.05) is 64.3 Å². The molecular weight excluding hydrogens is 290 g/mol. The zero-order chi connectivity index (χ0) is 17.0. The second kappa shape index (κ2) is 7.59. The van der Waals surface area contributed by atoms with Crippen LogP contribution in [0.5, 0.6) is 0 Å². The van der Waals surface area contributed by atoms with Crippen molar-refractivity contribution in [3.8, 4) is 0 Å². The van der Waals surface area contributed by atoms with E-state index in [1.807, 2.05) is 0 Å². The Morgan fingerprint density at radius 3 is 2.67 bits per heavy atom. The van der Waals surface area contributed by atoms with Crippen LogP contribution in [0.25, 0.3) is 5.70 Å². The molecule has 2 unspecified atom stereocenters. The van der Waals surface area contributed by atoms with Crippen molar-refractivity contribution in [2.45, 2.75) is 71.1 Å². The van der Waals surface area contributed by atoms with Gasteiger partial charge in [-0.25, -0.2) is 0 Å². The minimum absolute atomic E-state index is 0.426. The van der Waals surface area contributed by atoms with Crippen LogP contribution >= 0.6 is 0 Å². The first-order chi connectivity index (χ1) is 11.7. The molecule has 1 N–H and O–H groups in total. The molecule has 0 aromatic heterocycles. The third-order valence-electron chi connectivity index (χ3n) is 6.14. The van der Waals surface area contributed by atoms with Crippen LogP contribution in [0.1, 0.15) is 76.0 Å². The maximum absolute atomic E-state index is 3.60. The van der Waals surface area contributed by atoms with Gasteiger partial charge in [0.2, 0.25) is 0 Å². The van der Waals surface area contributed by atoms with E-state index in [1.165, 1.54) is 61.8 Å². The molecule has 1 aromatic rings. The van der Waals surface area contributed by atoms with Gasteiger partial charge in [0.25, 0.3) is 0 Å². The zero-order valence-corrected chi connectivity index (χ0v) is 15.7. The Morgan fingerprint density at radius 2 is 2.04 bits per heavy atom. The van der Waals surface area contributed by atoms with Crippen molar-refractivity contribution in [2.75, 3.05) is 6.54 Å². The summed E-state index contributed by atoms with van der Waals surface area (Å²) in [4.78, 5) is 0. The van der Waals surface area contributed by atoms with Crippen molar-refractivity contribution in [3.05, 3.63) is 53.1 Å². The molecule has 1 heteroatoms. The number of allylic oxidation sites excluding steroid dienone is 2. The monoisotopic (exact) mass is 323 g/mol. The Labute approximate surface area is 148 Å². The Balaban J connectivity index is 1.95. The van der Waals surface area contributed by atoms with Crippen molar-refractivity contribution in [1.82, 2.24) is 5.32 Å². The van der Waals surface area contributed by atoms with E-state index in [0.717, 1.165) is 12.5 Å². The molecule has 1 aliphatic carbocycles. The maximum atomic E-state index is 3.60. The van der Waals surface area contributed by atoms with Crippen LogP contribution in [0.2, 0.25) is 0 Å². The van der Waals surface area contributed by atoms with Crippen molar-refractivity contribution >= 4 is 5.70 Å². The van der Waals surface area contributed by atoms with Gasteiger partial charge in [0.15, 0.2) is 0 Å². The molecule has 1 aromatic carbocycles. The molecule has 0 bridgehead atoms. The zero-order valence-electron chi connectivity index (χ0n) is 15.7. The highest BCUT2D eigenvalue weighted by atomic mass is 14.9. The fraction of sp³-hybridized carbons (Fsp3) is 0.565. The van der Waals surface area contributed by atoms with Crippen LogP contribution in [0, 0.1) is 5.92 Å². The number of rotatable bonds is 8. The lowest BCUT2D eigenvalue weighted by molar-refractivity contribution is 0.570. The SMILES string of the molecule is CCCCCc1ccc(C2(CC)CC2CC)c(C2=CC=CCN2)c1. The average Bonchev–Trinajstić information content (AvgIpc) is 3.37. The van der Waals surface area contributed by atoms with Gasteiger partial charge >= 0.3 is 0 Å². The Morgan fingerprint density at radius 1 is 1.17 bits per heavy atom. The summed E-state index contributed by atoms with van der Waals surface area (Å²) in [5, 5.41) is 3.60. The average molecular weight is 324 g/mol. The summed E-state index contributed by atoms with van der Waals surface area (Å²) in [7, 11) is 0. The first-order valence-corrected chi connectivity index (χ1v) is 9.99. The molecule has 1 aliphatic heterocycles. The fourth-order valence-electron chi connectivity index (χ4n) is 4.50. The second-order valence-corrected chi connectivity index (χ2v) is 7.55. The predicted octanol–water partition coefficient (Wildman–Crippen LogP) is 6.00. The lowest BCUT2D eigenvalue weighted by Gasteiger charge is -2.24. The van der Waals surface area contributed by atoms with Gasteiger partial charge < -0.3 is 5.32 Å². The summed E-state index contributed by atoms with van der Waals surface area (Å²) in [6.07, 6.45) is 15.7. The molecule has 1 nitrogen and oxygen atoms in total. The second-order valence-electron chi connectivity index (χ2n) is 7.55. The number of unbranched alkanes of at least 4 members (excludes halogenated alkanes) is 2. The van der Waals surface area contributed by atoms with Gasteiger partial charge in [-0.05, 0) is 60.3 Å². The molecule has 0 spiro atoms. The number of hydrogen-bond acceptors (Lipinski definition) is 1. The van der Waals surface area contributed by atoms with Crippen LogP contribution in [-0.2, 0) is 11.8 Å². The number of aryl methyl sites for hydroxylation is 1. The van der Waals surface area contributed by atoms with E-state index < -0.39 is 0 Å². The summed E-state index contributed by atoms with van der Waals surface area (Å²) in [5.74, 6) is 0.868. The molecule has 0 radical (unpaired) electrons. The maximum Gasteiger partial charge on any atom is 0.0419 e. The standard InChI is InChI=1S/C23H33N/c1-4-7-8-11-18-13-14-21(23(6-3)17-19(23)5-2)20(16-18)22-12-9-10-15-24-22/h9-10,12-14,16,19,24H,4-8,11,15,17H2,1-3H3. The number of dihydropyridines is 1. The fourth-order valence-corrected chi connectivity index (χ4v) is 4.50. The Hall–Kier alpha value is -1.50. The van der Waals surface area contributed by atoms with Crippen LogP contribution in [-0.4, -0.2) is 6.54 Å². The molecule has 3 rings (SSSR count). The van der Waals surface area contributed by atoms with Crippen LogP contribution < -0.4 is 5.32 Å². The number of hydrogen-bond donors (Lipinski definition) is 1. The molecule has 0 saturated heterocycles. The normalized spacial score (nSPS) is 25.3. The predicted molar refractivity (Wildman–Crippen MR) is 105 cm³/mol. The molecule has 130 valence electrons. The molecule has 24 heavy (non-hydrogen) atoms. The third kappa shape index (κ3) is 3.31. The minimum atomic E-state index is 0.426. The van der Waals surface area contributed by atoms with Gasteiger partial charge in [0.1, 0.15) is 0 Å². The summed E-state index contributed by atoms with van der Waals surface area (Å²) in [6.45, 7) is 7.95. The molecular formula is C23H33N. The van der Waals surface area contributed by atoms with Gasteiger partial charge in [-0.15, -0.1) is 0 Å². The Bertz CT molecular complexity index is 625. The van der Waals surface area contributed by atoms with E-state index in [4.69, 9.17) is 0 Å². The van der Waals surface area contributed by atoms with E-state index in [1.54, 1.807) is 5.56 Å². The van der Waals surface area contributed by atoms with Crippen LogP contribution in [0.3, 0.4) is 0 Å². The number of benzene rings is 1. The van der Waals surface area contributed by atoms with Crippen molar-refractivity contribution in [1.29, 1.82) is 0 Å². The highest BCUT2D eigenvalue weighted by Gasteiger charge is 2.53. The van der Waals surface area contributed by atoms with E-state index in [-0.39, 0.29) is 0 Å². The van der Waals surface area contributed by atoms with E-state index in [0.29, 0.717) is 5.41 Å². The minimum Gasteiger partial charge on any atom is -0.381 e. The topological polar surface area (TPSA) is 12.0 Å². The highest BCUT2D eigenvalue weighted by Crippen LogP contribution is 2.59. The van der Waals surface area contributed by atoms with Gasteiger partial charge in [-0.3, -0.25) is 0 Å². The third-order valence-corrected chi connectivity index (χ3v) is 6.14. The quantitative estimate of drug-likeness (QED) is 0.579. The molecule has 2 aliphatic rings. The molecule has 1 saturated carbocycles. The first-order valence-electron chi connectivity index (χ1n) is 9.99. The Kier molecular flexibility index (Phi) is 5.48. The molecule has 0 amide bonds. The summed E-state index contributed by atoms with van der Waals surface area (Å²) in [6, 6.07) is 7.33. The summed E-state index contributed by atoms with van der Waals surface area (Å²) in [5.41, 5.74) is 6.30. The van der Waals surface area contributed by atoms with Crippen molar-refractivity contribution in [2.24, 2.45) is 5.92 Å². The lowest BCUT2D eigenvalue weighted by atomic mass is 9.83. The number of nitrogens with one attached hydrogen (secondary N) is 1. The largest absolute Gasteiger partial charge is 0.381 e. The van der Waals surface area contributed by atoms with Gasteiger partial charge in [0.05, 0.1) is 0 Å². The summed E-state index contributed by atoms with van der Waals surface area (Å²) >= 11 is 0. The molecule has 1 fully saturated rings. The summed E-state index contributed by atoms with van der Waals surface area (Å²) < 4.78 is 0. The smallest absolute Gasteiger partial charge is 0.0419 e. The van der Waals surface area contributed by atoms with Crippen LogP contribution in [0.4, 0.5) is 0 Å². The van der Waals surface area contributed by atoms with Gasteiger partial charge in [0, 0.05) is 17.8 Å². The van der Waals surface area contributed by atoms with E-state index >= 15 is 0 Å². The lowest BCUT2D eigenvalue weighted by Crippen LogP contribution is -2.19. The van der Waals surface area contributed by atoms with Crippen molar-refractivity contribution < 1.29 is 0 Å². The molecule has 2 atom stereocenters. The van der Waals surface area contributed by atoms with Gasteiger partial charge in [-0.2, -0.15) is 0 Å². The van der Waals surface area contributed by atoms with Crippen LogP contribution in [0.15, 0.2) is 36.4 Å². The molecule has 1 heterocycles. The van der Waals surface area contributed by atoms with E-state index in [9.17, 15) is 0 Å². The first kappa shape index (κ1) is 17.3. The van der Waals surface area contributed by atoms with Crippen molar-refractivity contribution in [3.63, 3.8) is 0 Å². The highest BCUT2D eigenvalue weighted by molar-refractivity contribution is 5.71. The van der Waals surface area contributed by atoms with E-state index in [2.05, 4.69) is 62.5 Å².